The van der Waals surface area contributed by atoms with E-state index in [1.54, 1.807) is 6.20 Å². The largest absolute Gasteiger partial charge is 0.378 e. The average Bonchev–Trinajstić information content (AvgIpc) is 2.81. The van der Waals surface area contributed by atoms with E-state index in [1.807, 2.05) is 6.07 Å². The van der Waals surface area contributed by atoms with Gasteiger partial charge in [-0.1, -0.05) is 0 Å². The van der Waals surface area contributed by atoms with Crippen LogP contribution in [0.3, 0.4) is 0 Å². The van der Waals surface area contributed by atoms with E-state index < -0.39 is 0 Å². The smallest absolute Gasteiger partial charge is 0.226 e. The highest BCUT2D eigenvalue weighted by molar-refractivity contribution is 7.20. The highest BCUT2D eigenvalue weighted by atomic mass is 32.1. The van der Waals surface area contributed by atoms with Crippen molar-refractivity contribution in [2.24, 2.45) is 0 Å². The van der Waals surface area contributed by atoms with Crippen molar-refractivity contribution in [2.75, 3.05) is 31.2 Å². The summed E-state index contributed by atoms with van der Waals surface area (Å²) in [5, 5.41) is 0.925. The molecule has 6 heteroatoms. The molecule has 0 saturated carbocycles. The number of anilines is 1. The molecule has 0 N–H and O–H groups in total. The number of rotatable bonds is 2. The van der Waals surface area contributed by atoms with Gasteiger partial charge in [-0.3, -0.25) is 4.79 Å². The molecule has 3 heterocycles. The molecule has 1 fully saturated rings. The maximum Gasteiger partial charge on any atom is 0.226 e. The van der Waals surface area contributed by atoms with Gasteiger partial charge in [0, 0.05) is 24.7 Å². The Labute approximate surface area is 102 Å². The molecule has 0 bridgehead atoms. The minimum absolute atomic E-state index is 0.688. The van der Waals surface area contributed by atoms with Crippen LogP contribution in [0.4, 0.5) is 5.95 Å². The zero-order chi connectivity index (χ0) is 11.7. The number of morpholine rings is 1. The van der Waals surface area contributed by atoms with Crippen molar-refractivity contribution >= 4 is 33.8 Å². The SMILES string of the molecule is O=Cc1cc2cnc(N3CCOCC3)nc2s1. The summed E-state index contributed by atoms with van der Waals surface area (Å²) in [6, 6.07) is 1.82. The van der Waals surface area contributed by atoms with Crippen molar-refractivity contribution in [3.8, 4) is 0 Å². The van der Waals surface area contributed by atoms with Crippen molar-refractivity contribution < 1.29 is 9.53 Å². The van der Waals surface area contributed by atoms with Crippen molar-refractivity contribution in [2.45, 2.75) is 0 Å². The monoisotopic (exact) mass is 249 g/mol. The van der Waals surface area contributed by atoms with Gasteiger partial charge in [0.25, 0.3) is 0 Å². The van der Waals surface area contributed by atoms with Crippen LogP contribution in [0.1, 0.15) is 9.67 Å². The van der Waals surface area contributed by atoms with E-state index in [0.717, 1.165) is 35.5 Å². The van der Waals surface area contributed by atoms with Crippen LogP contribution in [0.15, 0.2) is 12.3 Å². The quantitative estimate of drug-likeness (QED) is 0.752. The van der Waals surface area contributed by atoms with Gasteiger partial charge >= 0.3 is 0 Å². The molecule has 0 aromatic carbocycles. The topological polar surface area (TPSA) is 55.3 Å². The van der Waals surface area contributed by atoms with Gasteiger partial charge in [0.15, 0.2) is 6.29 Å². The van der Waals surface area contributed by atoms with Gasteiger partial charge in [0.2, 0.25) is 5.95 Å². The zero-order valence-corrected chi connectivity index (χ0v) is 9.94. The van der Waals surface area contributed by atoms with E-state index in [-0.39, 0.29) is 0 Å². The molecule has 0 spiro atoms. The Morgan fingerprint density at radius 2 is 2.24 bits per heavy atom. The first-order chi connectivity index (χ1) is 8.36. The summed E-state index contributed by atoms with van der Waals surface area (Å²) in [6.45, 7) is 3.06. The summed E-state index contributed by atoms with van der Waals surface area (Å²) in [5.41, 5.74) is 0. The van der Waals surface area contributed by atoms with Gasteiger partial charge in [-0.05, 0) is 6.07 Å². The van der Waals surface area contributed by atoms with Gasteiger partial charge in [0.1, 0.15) is 4.83 Å². The van der Waals surface area contributed by atoms with Crippen LogP contribution in [-0.4, -0.2) is 42.6 Å². The molecule has 1 aliphatic rings. The maximum absolute atomic E-state index is 10.7. The van der Waals surface area contributed by atoms with Crippen LogP contribution < -0.4 is 4.90 Å². The number of aromatic nitrogens is 2. The van der Waals surface area contributed by atoms with Gasteiger partial charge in [-0.25, -0.2) is 9.97 Å². The summed E-state index contributed by atoms with van der Waals surface area (Å²) < 4.78 is 5.29. The highest BCUT2D eigenvalue weighted by Gasteiger charge is 2.14. The molecule has 0 radical (unpaired) electrons. The van der Waals surface area contributed by atoms with Crippen molar-refractivity contribution in [1.29, 1.82) is 0 Å². The van der Waals surface area contributed by atoms with Crippen LogP contribution in [-0.2, 0) is 4.74 Å². The van der Waals surface area contributed by atoms with E-state index in [4.69, 9.17) is 4.74 Å². The Kier molecular flexibility index (Phi) is 2.74. The Balaban J connectivity index is 1.97. The van der Waals surface area contributed by atoms with Crippen LogP contribution in [0.25, 0.3) is 10.2 Å². The summed E-state index contributed by atoms with van der Waals surface area (Å²) in [7, 11) is 0. The third-order valence-electron chi connectivity index (χ3n) is 2.69. The summed E-state index contributed by atoms with van der Waals surface area (Å²) in [4.78, 5) is 23.2. The molecule has 0 unspecified atom stereocenters. The van der Waals surface area contributed by atoms with Gasteiger partial charge in [-0.15, -0.1) is 11.3 Å². The number of carbonyl (C=O) groups is 1. The fourth-order valence-corrected chi connectivity index (χ4v) is 2.63. The molecular weight excluding hydrogens is 238 g/mol. The molecule has 5 nitrogen and oxygen atoms in total. The van der Waals surface area contributed by atoms with Crippen molar-refractivity contribution in [3.63, 3.8) is 0 Å². The van der Waals surface area contributed by atoms with Crippen molar-refractivity contribution in [1.82, 2.24) is 9.97 Å². The zero-order valence-electron chi connectivity index (χ0n) is 9.13. The molecule has 0 aliphatic carbocycles. The lowest BCUT2D eigenvalue weighted by molar-refractivity contribution is 0.112. The number of aldehydes is 1. The van der Waals surface area contributed by atoms with Crippen molar-refractivity contribution in [3.05, 3.63) is 17.1 Å². The Bertz CT molecular complexity index is 549. The lowest BCUT2D eigenvalue weighted by atomic mass is 10.4. The fourth-order valence-electron chi connectivity index (χ4n) is 1.82. The highest BCUT2D eigenvalue weighted by Crippen LogP contribution is 2.24. The molecule has 1 saturated heterocycles. The Hall–Kier alpha value is -1.53. The third kappa shape index (κ3) is 2.01. The van der Waals surface area contributed by atoms with E-state index >= 15 is 0 Å². The maximum atomic E-state index is 10.7. The first-order valence-corrected chi connectivity index (χ1v) is 6.23. The molecule has 0 amide bonds. The van der Waals surface area contributed by atoms with Crippen LogP contribution in [0.2, 0.25) is 0 Å². The number of hydrogen-bond acceptors (Lipinski definition) is 6. The van der Waals surface area contributed by atoms with Gasteiger partial charge in [-0.2, -0.15) is 0 Å². The van der Waals surface area contributed by atoms with Crippen LogP contribution >= 0.6 is 11.3 Å². The van der Waals surface area contributed by atoms with E-state index in [0.29, 0.717) is 18.1 Å². The van der Waals surface area contributed by atoms with Crippen LogP contribution in [0, 0.1) is 0 Å². The second-order valence-corrected chi connectivity index (χ2v) is 4.86. The number of fused-ring (bicyclic) bond motifs is 1. The Morgan fingerprint density at radius 1 is 1.41 bits per heavy atom. The van der Waals surface area contributed by atoms with Gasteiger partial charge < -0.3 is 9.64 Å². The standard InChI is InChI=1S/C11H11N3O2S/c15-7-9-5-8-6-12-11(13-10(8)17-9)14-1-3-16-4-2-14/h5-7H,1-4H2. The summed E-state index contributed by atoms with van der Waals surface area (Å²) in [5.74, 6) is 0.722. The molecular formula is C11H11N3O2S. The minimum Gasteiger partial charge on any atom is -0.378 e. The minimum atomic E-state index is 0.688. The fraction of sp³-hybridized carbons (Fsp3) is 0.364. The average molecular weight is 249 g/mol. The number of ether oxygens (including phenoxy) is 1. The first-order valence-electron chi connectivity index (χ1n) is 5.41. The number of nitrogens with zero attached hydrogens (tertiary/aromatic N) is 3. The summed E-state index contributed by atoms with van der Waals surface area (Å²) >= 11 is 1.40. The first kappa shape index (κ1) is 10.6. The number of hydrogen-bond donors (Lipinski definition) is 0. The predicted molar refractivity (Wildman–Crippen MR) is 65.8 cm³/mol. The lowest BCUT2D eigenvalue weighted by Gasteiger charge is -2.26. The molecule has 2 aromatic rings. The summed E-state index contributed by atoms with van der Waals surface area (Å²) in [6.07, 6.45) is 2.62. The molecule has 0 atom stereocenters. The second kappa shape index (κ2) is 4.38. The molecule has 1 aliphatic heterocycles. The molecule has 17 heavy (non-hydrogen) atoms. The van der Waals surface area contributed by atoms with E-state index in [2.05, 4.69) is 14.9 Å². The number of carbonyl (C=O) groups excluding carboxylic acids is 1. The van der Waals surface area contributed by atoms with Crippen LogP contribution in [0.5, 0.6) is 0 Å². The van der Waals surface area contributed by atoms with E-state index in [1.165, 1.54) is 11.3 Å². The van der Waals surface area contributed by atoms with Gasteiger partial charge in [0.05, 0.1) is 18.1 Å². The normalized spacial score (nSPS) is 16.4. The Morgan fingerprint density at radius 3 is 3.00 bits per heavy atom. The molecule has 3 rings (SSSR count). The predicted octanol–water partition coefficient (Wildman–Crippen LogP) is 1.34. The molecule has 2 aromatic heterocycles. The van der Waals surface area contributed by atoms with E-state index in [9.17, 15) is 4.79 Å². The molecule has 88 valence electrons. The third-order valence-corrected chi connectivity index (χ3v) is 3.66. The lowest BCUT2D eigenvalue weighted by Crippen LogP contribution is -2.37. The second-order valence-electron chi connectivity index (χ2n) is 3.80. The number of thiophene rings is 1.